The third-order valence-electron chi connectivity index (χ3n) is 2.50. The topological polar surface area (TPSA) is 47.6 Å². The van der Waals surface area contributed by atoms with E-state index in [2.05, 4.69) is 5.32 Å². The number of benzene rings is 1. The van der Waals surface area contributed by atoms with E-state index >= 15 is 0 Å². The predicted octanol–water partition coefficient (Wildman–Crippen LogP) is 2.45. The van der Waals surface area contributed by atoms with E-state index in [4.69, 9.17) is 9.47 Å². The van der Waals surface area contributed by atoms with E-state index in [1.165, 1.54) is 0 Å². The molecular formula is C14H15NO3S. The minimum absolute atomic E-state index is 0.0104. The number of carbonyl (C=O) groups excluding carboxylic acids is 1. The van der Waals surface area contributed by atoms with Crippen molar-refractivity contribution in [3.63, 3.8) is 0 Å². The van der Waals surface area contributed by atoms with Crippen LogP contribution in [0.1, 0.15) is 5.56 Å². The highest BCUT2D eigenvalue weighted by molar-refractivity contribution is 7.07. The number of rotatable bonds is 6. The van der Waals surface area contributed by atoms with Gasteiger partial charge in [0.15, 0.2) is 6.61 Å². The molecule has 1 amide bonds. The first kappa shape index (κ1) is 13.4. The van der Waals surface area contributed by atoms with Gasteiger partial charge in [0.2, 0.25) is 0 Å². The van der Waals surface area contributed by atoms with E-state index in [1.807, 2.05) is 16.8 Å². The van der Waals surface area contributed by atoms with Crippen molar-refractivity contribution in [3.05, 3.63) is 46.7 Å². The van der Waals surface area contributed by atoms with Gasteiger partial charge in [-0.1, -0.05) is 0 Å². The summed E-state index contributed by atoms with van der Waals surface area (Å²) in [7, 11) is 1.60. The molecule has 4 nitrogen and oxygen atoms in total. The number of nitrogens with one attached hydrogen (secondary N) is 1. The van der Waals surface area contributed by atoms with Gasteiger partial charge in [0, 0.05) is 6.54 Å². The largest absolute Gasteiger partial charge is 0.497 e. The van der Waals surface area contributed by atoms with Crippen molar-refractivity contribution < 1.29 is 14.3 Å². The van der Waals surface area contributed by atoms with Crippen LogP contribution in [-0.4, -0.2) is 19.6 Å². The summed E-state index contributed by atoms with van der Waals surface area (Å²) in [6, 6.07) is 9.10. The SMILES string of the molecule is COc1ccc(OCC(=O)NCc2ccsc2)cc1. The van der Waals surface area contributed by atoms with Gasteiger partial charge >= 0.3 is 0 Å². The second-order valence-corrected chi connectivity index (χ2v) is 4.65. The molecule has 0 atom stereocenters. The molecule has 0 aliphatic heterocycles. The van der Waals surface area contributed by atoms with Crippen molar-refractivity contribution in [2.24, 2.45) is 0 Å². The second kappa shape index (κ2) is 6.80. The predicted molar refractivity (Wildman–Crippen MR) is 74.7 cm³/mol. The average molecular weight is 277 g/mol. The molecule has 1 heterocycles. The molecule has 2 rings (SSSR count). The Hall–Kier alpha value is -2.01. The van der Waals surface area contributed by atoms with Crippen molar-refractivity contribution in [1.29, 1.82) is 0 Å². The van der Waals surface area contributed by atoms with Crippen molar-refractivity contribution in [2.45, 2.75) is 6.54 Å². The second-order valence-electron chi connectivity index (χ2n) is 3.87. The summed E-state index contributed by atoms with van der Waals surface area (Å²) in [4.78, 5) is 11.6. The van der Waals surface area contributed by atoms with Crippen LogP contribution in [0.15, 0.2) is 41.1 Å². The van der Waals surface area contributed by atoms with Gasteiger partial charge < -0.3 is 14.8 Å². The summed E-state index contributed by atoms with van der Waals surface area (Å²) in [6.45, 7) is 0.546. The van der Waals surface area contributed by atoms with E-state index in [9.17, 15) is 4.79 Å². The average Bonchev–Trinajstić information content (AvgIpc) is 2.96. The molecule has 100 valence electrons. The number of thiophene rings is 1. The van der Waals surface area contributed by atoms with Gasteiger partial charge in [-0.05, 0) is 46.7 Å². The van der Waals surface area contributed by atoms with Crippen LogP contribution in [0.3, 0.4) is 0 Å². The van der Waals surface area contributed by atoms with Gasteiger partial charge in [-0.3, -0.25) is 4.79 Å². The third kappa shape index (κ3) is 4.30. The Labute approximate surface area is 116 Å². The number of carbonyl (C=O) groups is 1. The van der Waals surface area contributed by atoms with E-state index in [0.717, 1.165) is 11.3 Å². The third-order valence-corrected chi connectivity index (χ3v) is 3.23. The molecule has 0 aliphatic carbocycles. The van der Waals surface area contributed by atoms with E-state index < -0.39 is 0 Å². The number of hydrogen-bond donors (Lipinski definition) is 1. The molecule has 0 saturated heterocycles. The van der Waals surface area contributed by atoms with Gasteiger partial charge in [-0.15, -0.1) is 0 Å². The Kier molecular flexibility index (Phi) is 4.80. The maximum absolute atomic E-state index is 11.6. The molecule has 0 aliphatic rings. The molecule has 1 N–H and O–H groups in total. The van der Waals surface area contributed by atoms with Gasteiger partial charge in [-0.25, -0.2) is 0 Å². The summed E-state index contributed by atoms with van der Waals surface area (Å²) in [6.07, 6.45) is 0. The highest BCUT2D eigenvalue weighted by Crippen LogP contribution is 2.16. The van der Waals surface area contributed by atoms with Crippen LogP contribution in [0.25, 0.3) is 0 Å². The first-order valence-corrected chi connectivity index (χ1v) is 6.77. The Morgan fingerprint density at radius 1 is 1.21 bits per heavy atom. The molecule has 0 spiro atoms. The zero-order valence-corrected chi connectivity index (χ0v) is 11.4. The molecule has 5 heteroatoms. The maximum atomic E-state index is 11.6. The van der Waals surface area contributed by atoms with Gasteiger partial charge in [0.1, 0.15) is 11.5 Å². The lowest BCUT2D eigenvalue weighted by Gasteiger charge is -2.07. The first-order valence-electron chi connectivity index (χ1n) is 5.82. The van der Waals surface area contributed by atoms with Crippen molar-refractivity contribution >= 4 is 17.2 Å². The quantitative estimate of drug-likeness (QED) is 0.882. The molecule has 0 radical (unpaired) electrons. The van der Waals surface area contributed by atoms with E-state index in [-0.39, 0.29) is 12.5 Å². The maximum Gasteiger partial charge on any atom is 0.258 e. The van der Waals surface area contributed by atoms with Crippen LogP contribution in [-0.2, 0) is 11.3 Å². The van der Waals surface area contributed by atoms with Crippen LogP contribution in [0.4, 0.5) is 0 Å². The molecule has 0 fully saturated rings. The number of ether oxygens (including phenoxy) is 2. The number of amides is 1. The molecular weight excluding hydrogens is 262 g/mol. The highest BCUT2D eigenvalue weighted by atomic mass is 32.1. The van der Waals surface area contributed by atoms with Crippen molar-refractivity contribution in [3.8, 4) is 11.5 Å². The Bertz CT molecular complexity index is 508. The lowest BCUT2D eigenvalue weighted by molar-refractivity contribution is -0.123. The van der Waals surface area contributed by atoms with Gasteiger partial charge in [-0.2, -0.15) is 11.3 Å². The van der Waals surface area contributed by atoms with Gasteiger partial charge in [0.25, 0.3) is 5.91 Å². The first-order chi connectivity index (χ1) is 9.28. The summed E-state index contributed by atoms with van der Waals surface area (Å²) < 4.78 is 10.4. The molecule has 0 bridgehead atoms. The smallest absolute Gasteiger partial charge is 0.258 e. The monoisotopic (exact) mass is 277 g/mol. The lowest BCUT2D eigenvalue weighted by atomic mass is 10.3. The molecule has 1 aromatic heterocycles. The minimum Gasteiger partial charge on any atom is -0.497 e. The number of hydrogen-bond acceptors (Lipinski definition) is 4. The fourth-order valence-corrected chi connectivity index (χ4v) is 2.13. The van der Waals surface area contributed by atoms with Crippen molar-refractivity contribution in [1.82, 2.24) is 5.32 Å². The van der Waals surface area contributed by atoms with Crippen LogP contribution in [0.2, 0.25) is 0 Å². The fraction of sp³-hybridized carbons (Fsp3) is 0.214. The zero-order valence-electron chi connectivity index (χ0n) is 10.6. The summed E-state index contributed by atoms with van der Waals surface area (Å²) >= 11 is 1.61. The van der Waals surface area contributed by atoms with E-state index in [0.29, 0.717) is 12.3 Å². The molecule has 19 heavy (non-hydrogen) atoms. The molecule has 1 aromatic carbocycles. The van der Waals surface area contributed by atoms with Crippen LogP contribution in [0.5, 0.6) is 11.5 Å². The Morgan fingerprint density at radius 3 is 2.58 bits per heavy atom. The van der Waals surface area contributed by atoms with Crippen molar-refractivity contribution in [2.75, 3.05) is 13.7 Å². The molecule has 0 unspecified atom stereocenters. The summed E-state index contributed by atoms with van der Waals surface area (Å²) in [5, 5.41) is 6.78. The fourth-order valence-electron chi connectivity index (χ4n) is 1.47. The standard InChI is InChI=1S/C14H15NO3S/c1-17-12-2-4-13(5-3-12)18-9-14(16)15-8-11-6-7-19-10-11/h2-7,10H,8-9H2,1H3,(H,15,16). The van der Waals surface area contributed by atoms with Crippen LogP contribution < -0.4 is 14.8 Å². The van der Waals surface area contributed by atoms with Crippen LogP contribution >= 0.6 is 11.3 Å². The Morgan fingerprint density at radius 2 is 1.95 bits per heavy atom. The molecule has 0 saturated carbocycles. The van der Waals surface area contributed by atoms with Crippen LogP contribution in [0, 0.1) is 0 Å². The minimum atomic E-state index is -0.137. The van der Waals surface area contributed by atoms with Gasteiger partial charge in [0.05, 0.1) is 7.11 Å². The Balaban J connectivity index is 1.73. The normalized spacial score (nSPS) is 9.95. The lowest BCUT2D eigenvalue weighted by Crippen LogP contribution is -2.28. The highest BCUT2D eigenvalue weighted by Gasteiger charge is 2.03. The summed E-state index contributed by atoms with van der Waals surface area (Å²) in [5.41, 5.74) is 1.10. The zero-order chi connectivity index (χ0) is 13.5. The van der Waals surface area contributed by atoms with E-state index in [1.54, 1.807) is 42.7 Å². The molecule has 2 aromatic rings. The summed E-state index contributed by atoms with van der Waals surface area (Å²) in [5.74, 6) is 1.27. The number of methoxy groups -OCH3 is 1.